The van der Waals surface area contributed by atoms with Crippen LogP contribution in [0.15, 0.2) is 54.6 Å². The van der Waals surface area contributed by atoms with Gasteiger partial charge in [-0.15, -0.1) is 0 Å². The molecular weight excluding hydrogens is 604 g/mol. The number of benzene rings is 4. The topological polar surface area (TPSA) is 171 Å². The predicted octanol–water partition coefficient (Wildman–Crippen LogP) is 6.44. The molecule has 1 aliphatic rings. The third-order valence-electron chi connectivity index (χ3n) is 7.93. The van der Waals surface area contributed by atoms with Crippen molar-refractivity contribution in [2.45, 2.75) is 65.6 Å². The van der Waals surface area contributed by atoms with E-state index in [2.05, 4.69) is 0 Å². The van der Waals surface area contributed by atoms with Crippen LogP contribution >= 0.6 is 0 Å². The van der Waals surface area contributed by atoms with Crippen molar-refractivity contribution >= 4 is 17.9 Å². The van der Waals surface area contributed by atoms with Crippen molar-refractivity contribution in [1.82, 2.24) is 0 Å². The molecule has 0 saturated heterocycles. The molecule has 0 spiro atoms. The van der Waals surface area contributed by atoms with Gasteiger partial charge in [0.15, 0.2) is 0 Å². The lowest BCUT2D eigenvalue weighted by molar-refractivity contribution is 0.0686. The highest BCUT2D eigenvalue weighted by Crippen LogP contribution is 2.40. The largest absolute Gasteiger partial charge is 0.507 e. The zero-order chi connectivity index (χ0) is 34.2. The maximum Gasteiger partial charge on any atom is 0.335 e. The number of carbonyl (C=O) groups is 3. The molecule has 4 aromatic rings. The van der Waals surface area contributed by atoms with Gasteiger partial charge in [0, 0.05) is 25.7 Å². The Morgan fingerprint density at radius 2 is 0.787 bits per heavy atom. The minimum atomic E-state index is -1.23. The molecule has 0 saturated carbocycles. The van der Waals surface area contributed by atoms with Crippen LogP contribution in [0.4, 0.5) is 0 Å². The molecule has 0 heterocycles. The van der Waals surface area contributed by atoms with Crippen molar-refractivity contribution in [2.24, 2.45) is 0 Å². The Hall–Kier alpha value is -5.51. The smallest absolute Gasteiger partial charge is 0.335 e. The fourth-order valence-corrected chi connectivity index (χ4v) is 5.96. The van der Waals surface area contributed by atoms with Gasteiger partial charge in [-0.1, -0.05) is 18.2 Å². The summed E-state index contributed by atoms with van der Waals surface area (Å²) in [5.74, 6) is -3.15. The van der Waals surface area contributed by atoms with Crippen molar-refractivity contribution in [3.8, 4) is 23.0 Å². The van der Waals surface area contributed by atoms with Crippen molar-refractivity contribution in [3.05, 3.63) is 116 Å². The minimum Gasteiger partial charge on any atom is -0.507 e. The first-order chi connectivity index (χ1) is 22.2. The zero-order valence-electron chi connectivity index (χ0n) is 26.5. The second-order valence-corrected chi connectivity index (χ2v) is 12.3. The number of aromatic carboxylic acids is 3. The highest BCUT2D eigenvalue weighted by atomic mass is 16.5. The van der Waals surface area contributed by atoms with E-state index in [-0.39, 0.29) is 77.2 Å². The standard InChI is InChI=1S/C37H36O10/c1-18(2)46-33-20-6-5-7-21(33)9-23-13-29(36(42)43)15-25(32(23)39)11-27-17-30(37(44)45)16-26(34(27)47-19(3)4)10-24-14-28(35(40)41)12-22(8-20)31(24)38/h5-7,12-19,38-39H,8-11H2,1-4H3,(H,40,41)(H,42,43)(H,44,45). The van der Waals surface area contributed by atoms with E-state index in [4.69, 9.17) is 9.47 Å². The summed E-state index contributed by atoms with van der Waals surface area (Å²) < 4.78 is 12.5. The molecule has 1 aliphatic carbocycles. The summed E-state index contributed by atoms with van der Waals surface area (Å²) in [6.07, 6.45) is -0.647. The molecule has 0 aromatic heterocycles. The number of phenols is 2. The van der Waals surface area contributed by atoms with E-state index in [0.29, 0.717) is 44.9 Å². The first kappa shape index (κ1) is 32.9. The van der Waals surface area contributed by atoms with Crippen LogP contribution in [0.3, 0.4) is 0 Å². The molecule has 0 atom stereocenters. The molecule has 8 bridgehead atoms. The molecular formula is C37H36O10. The van der Waals surface area contributed by atoms with Crippen molar-refractivity contribution < 1.29 is 49.4 Å². The summed E-state index contributed by atoms with van der Waals surface area (Å²) in [5.41, 5.74) is 2.92. The van der Waals surface area contributed by atoms with Crippen LogP contribution in [-0.4, -0.2) is 55.6 Å². The molecule has 0 fully saturated rings. The maximum absolute atomic E-state index is 12.3. The minimum absolute atomic E-state index is 0.0570. The molecule has 10 heteroatoms. The van der Waals surface area contributed by atoms with Gasteiger partial charge in [0.2, 0.25) is 0 Å². The number of fused-ring (bicyclic) bond motifs is 8. The summed E-state index contributed by atoms with van der Waals surface area (Å²) >= 11 is 0. The number of para-hydroxylation sites is 1. The van der Waals surface area contributed by atoms with Gasteiger partial charge in [-0.25, -0.2) is 14.4 Å². The van der Waals surface area contributed by atoms with E-state index < -0.39 is 17.9 Å². The monoisotopic (exact) mass is 640 g/mol. The normalized spacial score (nSPS) is 12.6. The van der Waals surface area contributed by atoms with Gasteiger partial charge >= 0.3 is 17.9 Å². The molecule has 5 N–H and O–H groups in total. The third kappa shape index (κ3) is 7.01. The van der Waals surface area contributed by atoms with Crippen LogP contribution < -0.4 is 9.47 Å². The van der Waals surface area contributed by atoms with Gasteiger partial charge in [0.25, 0.3) is 0 Å². The lowest BCUT2D eigenvalue weighted by Gasteiger charge is -2.23. The molecule has 47 heavy (non-hydrogen) atoms. The van der Waals surface area contributed by atoms with Crippen LogP contribution in [0.1, 0.15) is 103 Å². The third-order valence-corrected chi connectivity index (χ3v) is 7.93. The number of rotatable bonds is 7. The summed E-state index contributed by atoms with van der Waals surface area (Å²) in [6, 6.07) is 13.7. The van der Waals surface area contributed by atoms with Crippen LogP contribution in [0.25, 0.3) is 0 Å². The molecule has 0 aliphatic heterocycles. The predicted molar refractivity (Wildman–Crippen MR) is 173 cm³/mol. The van der Waals surface area contributed by atoms with E-state index >= 15 is 0 Å². The SMILES string of the molecule is CC(C)Oc1c2cccc1Cc1cc(C(=O)O)cc(c1O)Cc1cc(C(=O)O)cc(c1OC(C)C)Cc1cc(C(=O)O)cc(c1O)C2. The van der Waals surface area contributed by atoms with Crippen LogP contribution in [0.5, 0.6) is 23.0 Å². The molecule has 5 rings (SSSR count). The van der Waals surface area contributed by atoms with Crippen molar-refractivity contribution in [2.75, 3.05) is 0 Å². The van der Waals surface area contributed by atoms with E-state index in [9.17, 15) is 39.9 Å². The van der Waals surface area contributed by atoms with Gasteiger partial charge in [0.1, 0.15) is 23.0 Å². The number of hydrogen-bond acceptors (Lipinski definition) is 7. The van der Waals surface area contributed by atoms with Crippen molar-refractivity contribution in [1.29, 1.82) is 0 Å². The van der Waals surface area contributed by atoms with Gasteiger partial charge in [-0.2, -0.15) is 0 Å². The van der Waals surface area contributed by atoms with Crippen LogP contribution in [0, 0.1) is 0 Å². The highest BCUT2D eigenvalue weighted by molar-refractivity contribution is 5.90. The first-order valence-corrected chi connectivity index (χ1v) is 15.2. The average molecular weight is 641 g/mol. The molecule has 0 unspecified atom stereocenters. The molecule has 10 nitrogen and oxygen atoms in total. The van der Waals surface area contributed by atoms with E-state index in [1.165, 1.54) is 36.4 Å². The Morgan fingerprint density at radius 1 is 0.511 bits per heavy atom. The Balaban J connectivity index is 1.88. The quantitative estimate of drug-likeness (QED) is 0.133. The Morgan fingerprint density at radius 3 is 1.09 bits per heavy atom. The number of carboxylic acids is 3. The van der Waals surface area contributed by atoms with E-state index in [1.54, 1.807) is 32.0 Å². The van der Waals surface area contributed by atoms with Crippen LogP contribution in [-0.2, 0) is 25.7 Å². The van der Waals surface area contributed by atoms with E-state index in [0.717, 1.165) is 0 Å². The number of aromatic hydroxyl groups is 2. The lowest BCUT2D eigenvalue weighted by Crippen LogP contribution is -2.13. The highest BCUT2D eigenvalue weighted by Gasteiger charge is 2.25. The van der Waals surface area contributed by atoms with E-state index in [1.807, 2.05) is 13.8 Å². The Kier molecular flexibility index (Phi) is 9.15. The second-order valence-electron chi connectivity index (χ2n) is 12.3. The second kappa shape index (κ2) is 13.1. The summed E-state index contributed by atoms with van der Waals surface area (Å²) in [5, 5.41) is 53.3. The van der Waals surface area contributed by atoms with Crippen LogP contribution in [0.2, 0.25) is 0 Å². The fraction of sp³-hybridized carbons (Fsp3) is 0.270. The molecule has 0 radical (unpaired) electrons. The number of ether oxygens (including phenoxy) is 2. The van der Waals surface area contributed by atoms with Gasteiger partial charge in [-0.3, -0.25) is 0 Å². The van der Waals surface area contributed by atoms with Gasteiger partial charge in [0.05, 0.1) is 28.9 Å². The number of hydrogen-bond donors (Lipinski definition) is 5. The molecule has 4 aromatic carbocycles. The Labute approximate surface area is 271 Å². The Bertz CT molecular complexity index is 1790. The summed E-state index contributed by atoms with van der Waals surface area (Å²) in [6.45, 7) is 7.28. The lowest BCUT2D eigenvalue weighted by atomic mass is 9.89. The number of carboxylic acid groups (broad SMARTS) is 3. The number of phenolic OH excluding ortho intramolecular Hbond substituents is 2. The van der Waals surface area contributed by atoms with Gasteiger partial charge < -0.3 is 35.0 Å². The van der Waals surface area contributed by atoms with Gasteiger partial charge in [-0.05, 0) is 109 Å². The first-order valence-electron chi connectivity index (χ1n) is 15.2. The maximum atomic E-state index is 12.3. The molecule has 0 amide bonds. The molecule has 244 valence electrons. The average Bonchev–Trinajstić information content (AvgIpc) is 2.98. The summed E-state index contributed by atoms with van der Waals surface area (Å²) in [7, 11) is 0. The van der Waals surface area contributed by atoms with Crippen molar-refractivity contribution in [3.63, 3.8) is 0 Å². The zero-order valence-corrected chi connectivity index (χ0v) is 26.5. The summed E-state index contributed by atoms with van der Waals surface area (Å²) in [4.78, 5) is 36.8. The fourth-order valence-electron chi connectivity index (χ4n) is 5.96.